The number of hydrogen-bond acceptors (Lipinski definition) is 5. The standard InChI is InChI=1S/C43H27N6O.Pt/c1-2-12-30(13-3-1)46-29-47(41-22-9-8-21-40(41)46)31-14-10-16-33(26-31)50-34-23-24-36-35-17-4-6-19-38(35)49(42(36)27-34)43-45-37-18-5-7-20-39(37)48(43)32-15-11-25-44-28-32;/h1-25,28-29H;/q-3;. The van der Waals surface area contributed by atoms with Crippen LogP contribution in [0.15, 0.2) is 158 Å². The molecule has 0 bridgehead atoms. The van der Waals surface area contributed by atoms with Crippen LogP contribution in [0.4, 0.5) is 22.7 Å². The fourth-order valence-corrected chi connectivity index (χ4v) is 6.90. The number of fused-ring (bicyclic) bond motifs is 5. The van der Waals surface area contributed by atoms with Crippen LogP contribution in [0, 0.1) is 18.8 Å². The minimum atomic E-state index is 0. The first-order valence-corrected chi connectivity index (χ1v) is 16.4. The third-order valence-corrected chi connectivity index (χ3v) is 9.10. The fraction of sp³-hybridized carbons (Fsp3) is 0. The molecule has 7 nitrogen and oxygen atoms in total. The van der Waals surface area contributed by atoms with Gasteiger partial charge in [0.1, 0.15) is 0 Å². The number of ether oxygens (including phenoxy) is 1. The molecule has 8 heteroatoms. The summed E-state index contributed by atoms with van der Waals surface area (Å²) in [6.45, 7) is 2.10. The number of para-hydroxylation sites is 6. The number of nitrogens with zero attached hydrogens (tertiary/aromatic N) is 6. The van der Waals surface area contributed by atoms with Crippen LogP contribution in [-0.2, 0) is 21.1 Å². The van der Waals surface area contributed by atoms with Crippen LogP contribution in [-0.4, -0.2) is 19.1 Å². The number of aromatic nitrogens is 4. The molecule has 0 atom stereocenters. The summed E-state index contributed by atoms with van der Waals surface area (Å²) in [5, 5.41) is 2.16. The van der Waals surface area contributed by atoms with Crippen LogP contribution in [0.5, 0.6) is 11.5 Å². The molecule has 10 rings (SSSR count). The fourth-order valence-electron chi connectivity index (χ4n) is 6.90. The Morgan fingerprint density at radius 2 is 1.27 bits per heavy atom. The van der Waals surface area contributed by atoms with Gasteiger partial charge in [-0.05, 0) is 60.0 Å². The molecule has 4 heterocycles. The van der Waals surface area contributed by atoms with E-state index >= 15 is 0 Å². The van der Waals surface area contributed by atoms with Crippen LogP contribution in [0.3, 0.4) is 0 Å². The molecule has 0 amide bonds. The van der Waals surface area contributed by atoms with Crippen molar-refractivity contribution in [2.75, 3.05) is 9.80 Å². The number of anilines is 4. The summed E-state index contributed by atoms with van der Waals surface area (Å²) in [6, 6.07) is 56.4. The van der Waals surface area contributed by atoms with Crippen LogP contribution in [0.1, 0.15) is 0 Å². The zero-order chi connectivity index (χ0) is 33.0. The van der Waals surface area contributed by atoms with Gasteiger partial charge in [0.05, 0.1) is 22.9 Å². The first-order valence-electron chi connectivity index (χ1n) is 16.4. The summed E-state index contributed by atoms with van der Waals surface area (Å²) >= 11 is 0. The Morgan fingerprint density at radius 1 is 0.549 bits per heavy atom. The Labute approximate surface area is 308 Å². The summed E-state index contributed by atoms with van der Waals surface area (Å²) in [7, 11) is 0. The van der Waals surface area contributed by atoms with Gasteiger partial charge in [-0.3, -0.25) is 9.55 Å². The van der Waals surface area contributed by atoms with E-state index < -0.39 is 0 Å². The molecule has 51 heavy (non-hydrogen) atoms. The molecule has 0 saturated heterocycles. The number of rotatable bonds is 6. The van der Waals surface area contributed by atoms with Crippen molar-refractivity contribution in [1.29, 1.82) is 0 Å². The Morgan fingerprint density at radius 3 is 2.12 bits per heavy atom. The monoisotopic (exact) mass is 838 g/mol. The molecule has 0 aliphatic carbocycles. The van der Waals surface area contributed by atoms with Gasteiger partial charge in [0.25, 0.3) is 0 Å². The number of imidazole rings is 1. The summed E-state index contributed by atoms with van der Waals surface area (Å²) < 4.78 is 10.8. The second-order valence-electron chi connectivity index (χ2n) is 12.1. The van der Waals surface area contributed by atoms with Gasteiger partial charge >= 0.3 is 0 Å². The predicted molar refractivity (Wildman–Crippen MR) is 199 cm³/mol. The minimum absolute atomic E-state index is 0. The molecule has 0 spiro atoms. The van der Waals surface area contributed by atoms with Gasteiger partial charge < -0.3 is 19.1 Å². The van der Waals surface area contributed by atoms with Crippen LogP contribution >= 0.6 is 0 Å². The molecule has 6 aromatic carbocycles. The van der Waals surface area contributed by atoms with Gasteiger partial charge in [0.2, 0.25) is 5.95 Å². The van der Waals surface area contributed by atoms with Gasteiger partial charge in [0.15, 0.2) is 0 Å². The molecule has 0 N–H and O–H groups in total. The number of pyridine rings is 1. The average molecular weight is 839 g/mol. The van der Waals surface area contributed by atoms with E-state index in [2.05, 4.69) is 134 Å². The second kappa shape index (κ2) is 12.6. The van der Waals surface area contributed by atoms with E-state index in [-0.39, 0.29) is 21.1 Å². The molecule has 0 unspecified atom stereocenters. The smallest absolute Gasteiger partial charge is 0.218 e. The third kappa shape index (κ3) is 5.17. The first kappa shape index (κ1) is 30.9. The normalized spacial score (nSPS) is 12.4. The maximum Gasteiger partial charge on any atom is 0.218 e. The third-order valence-electron chi connectivity index (χ3n) is 9.10. The number of hydrogen-bond donors (Lipinski definition) is 0. The Kier molecular flexibility index (Phi) is 7.63. The van der Waals surface area contributed by atoms with Crippen LogP contribution < -0.4 is 14.5 Å². The second-order valence-corrected chi connectivity index (χ2v) is 12.1. The Bertz CT molecular complexity index is 2690. The SMILES string of the molecule is [Pt].[c-]1c(Oc2[c-]c3c(cc2)c2ccccc2n3-c2nc3ccccc3n2-c2cccnc2)cccc1N1[CH-]N(c2ccccc2)c2ccccc21. The largest absolute Gasteiger partial charge is 0.509 e. The van der Waals surface area contributed by atoms with E-state index in [9.17, 15) is 0 Å². The van der Waals surface area contributed by atoms with Crippen molar-refractivity contribution in [3.05, 3.63) is 177 Å². The molecule has 1 aliphatic rings. The predicted octanol–water partition coefficient (Wildman–Crippen LogP) is 10.3. The van der Waals surface area contributed by atoms with E-state index in [1.165, 1.54) is 0 Å². The van der Waals surface area contributed by atoms with Crippen molar-refractivity contribution in [3.8, 4) is 23.1 Å². The zero-order valence-electron chi connectivity index (χ0n) is 27.0. The van der Waals surface area contributed by atoms with E-state index in [1.807, 2.05) is 60.8 Å². The first-order chi connectivity index (χ1) is 24.8. The van der Waals surface area contributed by atoms with Crippen LogP contribution in [0.25, 0.3) is 44.5 Å². The zero-order valence-corrected chi connectivity index (χ0v) is 29.3. The van der Waals surface area contributed by atoms with E-state index in [4.69, 9.17) is 9.72 Å². The molecular weight excluding hydrogens is 812 g/mol. The van der Waals surface area contributed by atoms with Crippen molar-refractivity contribution in [2.24, 2.45) is 0 Å². The molecule has 1 aliphatic heterocycles. The molecule has 0 saturated carbocycles. The molecule has 3 aromatic heterocycles. The topological polar surface area (TPSA) is 51.4 Å². The van der Waals surface area contributed by atoms with E-state index in [0.717, 1.165) is 67.2 Å². The Balaban J connectivity index is 0.00000348. The average Bonchev–Trinajstić information content (AvgIpc) is 3.85. The van der Waals surface area contributed by atoms with Gasteiger partial charge in [-0.15, -0.1) is 48.1 Å². The molecular formula is C43H27N6OPt-3. The van der Waals surface area contributed by atoms with E-state index in [1.54, 1.807) is 6.20 Å². The van der Waals surface area contributed by atoms with E-state index in [0.29, 0.717) is 11.5 Å². The van der Waals surface area contributed by atoms with Gasteiger partial charge in [-0.2, -0.15) is 12.1 Å². The number of benzene rings is 6. The molecule has 248 valence electrons. The van der Waals surface area contributed by atoms with Crippen molar-refractivity contribution >= 4 is 55.6 Å². The summed E-state index contributed by atoms with van der Waals surface area (Å²) in [5.74, 6) is 1.92. The minimum Gasteiger partial charge on any atom is -0.509 e. The summed E-state index contributed by atoms with van der Waals surface area (Å²) in [5.41, 5.74) is 8.82. The maximum atomic E-state index is 6.53. The van der Waals surface area contributed by atoms with Gasteiger partial charge in [-0.25, -0.2) is 4.98 Å². The van der Waals surface area contributed by atoms with Crippen molar-refractivity contribution in [3.63, 3.8) is 0 Å². The van der Waals surface area contributed by atoms with Gasteiger partial charge in [-0.1, -0.05) is 66.2 Å². The van der Waals surface area contributed by atoms with Gasteiger partial charge in [0, 0.05) is 61.3 Å². The summed E-state index contributed by atoms with van der Waals surface area (Å²) in [6.07, 6.45) is 3.65. The van der Waals surface area contributed by atoms with Crippen molar-refractivity contribution < 1.29 is 25.8 Å². The molecule has 0 fully saturated rings. The maximum absolute atomic E-state index is 6.53. The molecule has 9 aromatic rings. The summed E-state index contributed by atoms with van der Waals surface area (Å²) in [4.78, 5) is 13.9. The quantitative estimate of drug-likeness (QED) is 0.156. The molecule has 0 radical (unpaired) electrons. The van der Waals surface area contributed by atoms with Crippen LogP contribution in [0.2, 0.25) is 0 Å². The Hall–Kier alpha value is -6.17. The van der Waals surface area contributed by atoms with Crippen molar-refractivity contribution in [1.82, 2.24) is 19.1 Å². The van der Waals surface area contributed by atoms with Crippen molar-refractivity contribution in [2.45, 2.75) is 0 Å².